The van der Waals surface area contributed by atoms with Crippen molar-refractivity contribution in [2.24, 2.45) is 5.92 Å². The highest BCUT2D eigenvalue weighted by Crippen LogP contribution is 2.44. The van der Waals surface area contributed by atoms with Gasteiger partial charge in [-0.2, -0.15) is 0 Å². The van der Waals surface area contributed by atoms with E-state index in [0.29, 0.717) is 170 Å². The lowest BCUT2D eigenvalue weighted by Gasteiger charge is -2.20. The van der Waals surface area contributed by atoms with E-state index < -0.39 is 79.4 Å². The molecule has 0 bridgehead atoms. The summed E-state index contributed by atoms with van der Waals surface area (Å²) in [6.45, 7) is 8.27. The van der Waals surface area contributed by atoms with Gasteiger partial charge in [0.2, 0.25) is 35.4 Å². The number of carboxylic acid groups (broad SMARTS) is 1. The van der Waals surface area contributed by atoms with Crippen molar-refractivity contribution in [1.82, 2.24) is 37.2 Å². The number of aliphatic carboxylic acids is 1. The molecule has 30 nitrogen and oxygen atoms in total. The predicted molar refractivity (Wildman–Crippen MR) is 354 cm³/mol. The SMILES string of the molecule is COCCOCCOCCOCCOCCOCCOCCOCCOCCOCCOCCOCCC(=O)NCCCC[C@H](NC(=O)OCC1c2ccccc2-c2ccccc21)C(=O)NCC(=O)NCC(=O)N[C@@H](Cc1ccccc1)C(=O)NCC(=O)NCO[C@H](C(=O)O)C1CC1. The van der Waals surface area contributed by atoms with Crippen LogP contribution in [0.5, 0.6) is 0 Å². The first-order valence-electron chi connectivity index (χ1n) is 33.4. The third kappa shape index (κ3) is 36.5. The van der Waals surface area contributed by atoms with Crippen molar-refractivity contribution in [3.8, 4) is 11.1 Å². The number of hydrogen-bond donors (Lipinski definition) is 8. The third-order valence-electron chi connectivity index (χ3n) is 14.9. The van der Waals surface area contributed by atoms with E-state index in [-0.39, 0.29) is 70.1 Å². The molecule has 3 aromatic rings. The molecule has 3 atom stereocenters. The van der Waals surface area contributed by atoms with E-state index in [4.69, 9.17) is 66.3 Å². The van der Waals surface area contributed by atoms with E-state index in [1.54, 1.807) is 37.4 Å². The second-order valence-electron chi connectivity index (χ2n) is 22.4. The summed E-state index contributed by atoms with van der Waals surface area (Å²) in [5, 5.41) is 27.2. The van der Waals surface area contributed by atoms with Crippen LogP contribution in [0.4, 0.5) is 4.79 Å². The fourth-order valence-corrected chi connectivity index (χ4v) is 9.66. The Hall–Kier alpha value is -7.30. The van der Waals surface area contributed by atoms with Crippen LogP contribution in [0, 0.1) is 5.92 Å². The first-order valence-corrected chi connectivity index (χ1v) is 33.4. The summed E-state index contributed by atoms with van der Waals surface area (Å²) < 4.78 is 76.3. The zero-order chi connectivity index (χ0) is 69.9. The van der Waals surface area contributed by atoms with Crippen LogP contribution in [-0.4, -0.2) is 269 Å². The summed E-state index contributed by atoms with van der Waals surface area (Å²) in [5.41, 5.74) is 4.76. The van der Waals surface area contributed by atoms with Crippen LogP contribution in [0.25, 0.3) is 11.1 Å². The number of carbonyl (C=O) groups excluding carboxylic acids is 7. The molecule has 30 heteroatoms. The molecule has 0 saturated heterocycles. The molecule has 0 spiro atoms. The quantitative estimate of drug-likeness (QED) is 0.0293. The first kappa shape index (κ1) is 81.4. The van der Waals surface area contributed by atoms with Gasteiger partial charge in [-0.25, -0.2) is 9.59 Å². The van der Waals surface area contributed by atoms with Crippen molar-refractivity contribution < 1.29 is 110 Å². The maximum atomic E-state index is 13.7. The van der Waals surface area contributed by atoms with Gasteiger partial charge in [-0.05, 0) is 65.8 Å². The molecule has 546 valence electrons. The Kier molecular flexibility index (Phi) is 43.0. The van der Waals surface area contributed by atoms with Gasteiger partial charge in [-0.3, -0.25) is 28.8 Å². The zero-order valence-electron chi connectivity index (χ0n) is 56.3. The second-order valence-corrected chi connectivity index (χ2v) is 22.4. The molecular weight excluding hydrogens is 1280 g/mol. The Bertz CT molecular complexity index is 2710. The molecule has 0 heterocycles. The molecule has 98 heavy (non-hydrogen) atoms. The average Bonchev–Trinajstić information content (AvgIpc) is 1.62. The van der Waals surface area contributed by atoms with Gasteiger partial charge in [-0.1, -0.05) is 78.9 Å². The Balaban J connectivity index is 0.883. The number of amides is 7. The maximum Gasteiger partial charge on any atom is 0.407 e. The summed E-state index contributed by atoms with van der Waals surface area (Å²) in [7, 11) is 1.63. The van der Waals surface area contributed by atoms with E-state index in [9.17, 15) is 43.5 Å². The van der Waals surface area contributed by atoms with Crippen molar-refractivity contribution in [2.45, 2.75) is 69.1 Å². The second kappa shape index (κ2) is 51.8. The normalized spacial score (nSPS) is 13.3. The Morgan fingerprint density at radius 3 is 1.35 bits per heavy atom. The minimum Gasteiger partial charge on any atom is -0.479 e. The van der Waals surface area contributed by atoms with Crippen molar-refractivity contribution >= 4 is 47.5 Å². The number of rotatable bonds is 60. The number of hydrogen-bond acceptors (Lipinski definition) is 22. The number of carbonyl (C=O) groups is 8. The van der Waals surface area contributed by atoms with E-state index in [1.807, 2.05) is 48.5 Å². The highest BCUT2D eigenvalue weighted by atomic mass is 16.6. The maximum absolute atomic E-state index is 13.7. The number of ether oxygens (including phenoxy) is 14. The van der Waals surface area contributed by atoms with E-state index in [1.165, 1.54) is 0 Å². The molecule has 0 aliphatic heterocycles. The fraction of sp³-hybridized carbons (Fsp3) is 0.618. The predicted octanol–water partition coefficient (Wildman–Crippen LogP) is 1.43. The van der Waals surface area contributed by atoms with Crippen LogP contribution in [-0.2, 0) is 106 Å². The molecule has 3 aromatic carbocycles. The molecule has 1 saturated carbocycles. The Labute approximate surface area is 572 Å². The van der Waals surface area contributed by atoms with E-state index in [0.717, 1.165) is 22.3 Å². The molecule has 0 aromatic heterocycles. The summed E-state index contributed by atoms with van der Waals surface area (Å²) >= 11 is 0. The fourth-order valence-electron chi connectivity index (χ4n) is 9.66. The van der Waals surface area contributed by atoms with Crippen LogP contribution in [0.15, 0.2) is 78.9 Å². The van der Waals surface area contributed by atoms with Gasteiger partial charge in [0.25, 0.3) is 0 Å². The summed E-state index contributed by atoms with van der Waals surface area (Å²) in [6.07, 6.45) is 0.587. The summed E-state index contributed by atoms with van der Waals surface area (Å²) in [6, 6.07) is 22.1. The molecule has 0 unspecified atom stereocenters. The largest absolute Gasteiger partial charge is 0.479 e. The number of fused-ring (bicyclic) bond motifs is 3. The van der Waals surface area contributed by atoms with Crippen LogP contribution in [0.1, 0.15) is 61.1 Å². The van der Waals surface area contributed by atoms with Crippen molar-refractivity contribution in [3.63, 3.8) is 0 Å². The summed E-state index contributed by atoms with van der Waals surface area (Å²) in [4.78, 5) is 103. The molecule has 0 radical (unpaired) electrons. The zero-order valence-corrected chi connectivity index (χ0v) is 56.3. The molecule has 8 N–H and O–H groups in total. The average molecular weight is 1380 g/mol. The van der Waals surface area contributed by atoms with Crippen LogP contribution < -0.4 is 37.2 Å². The first-order chi connectivity index (χ1) is 47.9. The highest BCUT2D eigenvalue weighted by Gasteiger charge is 2.37. The standard InChI is InChI=1S/C68H101N7O23/c1-85-23-24-87-27-28-89-31-32-91-35-36-93-39-40-95-43-44-96-42-41-94-38-37-92-34-33-90-30-29-88-26-25-86-22-20-60(76)69-21-10-9-17-58(75-68(84)97-49-57-55-15-7-5-13-53(55)54-14-6-8-16-56(54)57)65(80)71-46-61(77)70-48-63(79)74-59(45-51-11-3-2-4-12-51)66(81)72-47-62(78)73-50-98-64(67(82)83)52-18-19-52/h2-8,11-16,52,57-59,64H,9-10,17-50H2,1H3,(H,69,76)(H,70,77)(H,71,80)(H,72,81)(H,73,78)(H,74,79)(H,75,84)(H,82,83)/t58-,59-,64-/m0/s1. The molecule has 1 fully saturated rings. The summed E-state index contributed by atoms with van der Waals surface area (Å²) in [5.74, 6) is -5.30. The van der Waals surface area contributed by atoms with Crippen molar-refractivity contribution in [3.05, 3.63) is 95.6 Å². The van der Waals surface area contributed by atoms with Crippen molar-refractivity contribution in [1.29, 1.82) is 0 Å². The minimum absolute atomic E-state index is 0.0116. The number of nitrogens with one attached hydrogen (secondary N) is 7. The monoisotopic (exact) mass is 1380 g/mol. The Morgan fingerprint density at radius 1 is 0.449 bits per heavy atom. The third-order valence-corrected chi connectivity index (χ3v) is 14.9. The van der Waals surface area contributed by atoms with Gasteiger partial charge in [0.05, 0.1) is 172 Å². The topological polar surface area (TPSA) is 370 Å². The molecule has 5 rings (SSSR count). The highest BCUT2D eigenvalue weighted by molar-refractivity contribution is 5.93. The van der Waals surface area contributed by atoms with Crippen molar-refractivity contribution in [2.75, 3.05) is 199 Å². The van der Waals surface area contributed by atoms with E-state index in [2.05, 4.69) is 37.2 Å². The lowest BCUT2D eigenvalue weighted by molar-refractivity contribution is -0.153. The van der Waals surface area contributed by atoms with Gasteiger partial charge in [-0.15, -0.1) is 0 Å². The number of benzene rings is 3. The number of methoxy groups -OCH3 is 1. The lowest BCUT2D eigenvalue weighted by atomic mass is 9.98. The number of alkyl carbamates (subject to hydrolysis) is 1. The molecular formula is C68H101N7O23. The van der Waals surface area contributed by atoms with Crippen LogP contribution >= 0.6 is 0 Å². The van der Waals surface area contributed by atoms with Crippen LogP contribution in [0.2, 0.25) is 0 Å². The Morgan fingerprint density at radius 2 is 0.878 bits per heavy atom. The molecule has 7 amide bonds. The molecule has 2 aliphatic carbocycles. The van der Waals surface area contributed by atoms with Gasteiger partial charge in [0.15, 0.2) is 6.10 Å². The molecule has 2 aliphatic rings. The van der Waals surface area contributed by atoms with Gasteiger partial charge in [0.1, 0.15) is 25.4 Å². The number of unbranched alkanes of at least 4 members (excludes halogenated alkanes) is 1. The minimum atomic E-state index is -1.18. The van der Waals surface area contributed by atoms with E-state index >= 15 is 0 Å². The van der Waals surface area contributed by atoms with Crippen LogP contribution in [0.3, 0.4) is 0 Å². The van der Waals surface area contributed by atoms with Gasteiger partial charge < -0.3 is 109 Å². The van der Waals surface area contributed by atoms with Gasteiger partial charge >= 0.3 is 12.1 Å². The van der Waals surface area contributed by atoms with Gasteiger partial charge in [0, 0.05) is 32.4 Å². The number of carboxylic acids is 1. The lowest BCUT2D eigenvalue weighted by Crippen LogP contribution is -2.53. The smallest absolute Gasteiger partial charge is 0.407 e.